The fourth-order valence-corrected chi connectivity index (χ4v) is 3.46. The van der Waals surface area contributed by atoms with Gasteiger partial charge in [0.15, 0.2) is 0 Å². The van der Waals surface area contributed by atoms with Crippen LogP contribution in [0.15, 0.2) is 29.2 Å². The van der Waals surface area contributed by atoms with Gasteiger partial charge in [0.1, 0.15) is 0 Å². The molecule has 1 aromatic rings. The van der Waals surface area contributed by atoms with Crippen molar-refractivity contribution in [2.75, 3.05) is 12.3 Å². The smallest absolute Gasteiger partial charge is 0.294 e. The first-order valence-corrected chi connectivity index (χ1v) is 6.99. The molecule has 6 heteroatoms. The predicted molar refractivity (Wildman–Crippen MR) is 59.5 cm³/mol. The van der Waals surface area contributed by atoms with E-state index >= 15 is 0 Å². The Morgan fingerprint density at radius 2 is 2.13 bits per heavy atom. The largest absolute Gasteiger partial charge is 0.301 e. The van der Waals surface area contributed by atoms with Crippen molar-refractivity contribution in [1.29, 1.82) is 0 Å². The summed E-state index contributed by atoms with van der Waals surface area (Å²) >= 11 is 1.64. The van der Waals surface area contributed by atoms with Gasteiger partial charge >= 0.3 is 0 Å². The van der Waals surface area contributed by atoms with E-state index in [4.69, 9.17) is 4.55 Å². The highest BCUT2D eigenvalue weighted by atomic mass is 32.2. The van der Waals surface area contributed by atoms with Crippen LogP contribution in [0.1, 0.15) is 10.9 Å². The van der Waals surface area contributed by atoms with Crippen molar-refractivity contribution in [2.45, 2.75) is 10.3 Å². The molecule has 0 amide bonds. The molecule has 1 unspecified atom stereocenters. The maximum Gasteiger partial charge on any atom is 0.294 e. The van der Waals surface area contributed by atoms with Gasteiger partial charge in [0.25, 0.3) is 10.1 Å². The van der Waals surface area contributed by atoms with Crippen molar-refractivity contribution in [3.8, 4) is 0 Å². The molecule has 0 radical (unpaired) electrons. The Morgan fingerprint density at radius 1 is 1.40 bits per heavy atom. The van der Waals surface area contributed by atoms with Crippen molar-refractivity contribution >= 4 is 21.9 Å². The van der Waals surface area contributed by atoms with Crippen LogP contribution in [-0.4, -0.2) is 25.3 Å². The Bertz CT molecular complexity index is 452. The summed E-state index contributed by atoms with van der Waals surface area (Å²) in [5.74, 6) is 0.949. The summed E-state index contributed by atoms with van der Waals surface area (Å²) in [6.45, 7) is 0.856. The number of hydrogen-bond acceptors (Lipinski definition) is 4. The Hall–Kier alpha value is -0.560. The van der Waals surface area contributed by atoms with Gasteiger partial charge in [-0.05, 0) is 6.07 Å². The van der Waals surface area contributed by atoms with E-state index < -0.39 is 10.1 Å². The molecule has 0 aliphatic carbocycles. The van der Waals surface area contributed by atoms with Crippen LogP contribution >= 0.6 is 11.8 Å². The number of thioether (sulfide) groups is 1. The van der Waals surface area contributed by atoms with Gasteiger partial charge in [-0.3, -0.25) is 4.55 Å². The first-order valence-electron chi connectivity index (χ1n) is 4.50. The molecular formula is C9H11NO3S2. The lowest BCUT2D eigenvalue weighted by molar-refractivity contribution is 0.481. The molecule has 0 saturated carbocycles. The molecule has 1 atom stereocenters. The molecule has 2 N–H and O–H groups in total. The second-order valence-corrected chi connectivity index (χ2v) is 5.82. The molecule has 1 aromatic carbocycles. The van der Waals surface area contributed by atoms with Gasteiger partial charge < -0.3 is 5.32 Å². The SMILES string of the molecule is O=S(=O)(O)c1ccccc1C1NCCS1. The average Bonchev–Trinajstić information content (AvgIpc) is 2.69. The fraction of sp³-hybridized carbons (Fsp3) is 0.333. The number of nitrogens with one attached hydrogen (secondary N) is 1. The van der Waals surface area contributed by atoms with Gasteiger partial charge in [-0.1, -0.05) is 18.2 Å². The molecule has 1 aliphatic heterocycles. The number of hydrogen-bond donors (Lipinski definition) is 2. The van der Waals surface area contributed by atoms with Crippen LogP contribution in [0.25, 0.3) is 0 Å². The monoisotopic (exact) mass is 245 g/mol. The average molecular weight is 245 g/mol. The number of rotatable bonds is 2. The van der Waals surface area contributed by atoms with Crippen molar-refractivity contribution in [1.82, 2.24) is 5.32 Å². The van der Waals surface area contributed by atoms with E-state index in [1.165, 1.54) is 6.07 Å². The molecule has 0 spiro atoms. The molecular weight excluding hydrogens is 234 g/mol. The van der Waals surface area contributed by atoms with Crippen LogP contribution < -0.4 is 5.32 Å². The lowest BCUT2D eigenvalue weighted by Gasteiger charge is -2.12. The Balaban J connectivity index is 2.46. The van der Waals surface area contributed by atoms with Crippen molar-refractivity contribution in [3.05, 3.63) is 29.8 Å². The van der Waals surface area contributed by atoms with E-state index in [0.717, 1.165) is 12.3 Å². The van der Waals surface area contributed by atoms with E-state index in [9.17, 15) is 8.42 Å². The zero-order valence-corrected chi connectivity index (χ0v) is 9.51. The molecule has 0 aromatic heterocycles. The lowest BCUT2D eigenvalue weighted by atomic mass is 10.2. The molecule has 4 nitrogen and oxygen atoms in total. The van der Waals surface area contributed by atoms with E-state index in [0.29, 0.717) is 5.56 Å². The molecule has 1 saturated heterocycles. The van der Waals surface area contributed by atoms with Gasteiger partial charge in [-0.2, -0.15) is 8.42 Å². The summed E-state index contributed by atoms with van der Waals surface area (Å²) < 4.78 is 31.3. The Kier molecular flexibility index (Phi) is 3.01. The summed E-state index contributed by atoms with van der Waals surface area (Å²) in [6.07, 6.45) is 0. The summed E-state index contributed by atoms with van der Waals surface area (Å²) in [5.41, 5.74) is 0.627. The van der Waals surface area contributed by atoms with Gasteiger partial charge in [-0.25, -0.2) is 0 Å². The molecule has 0 bridgehead atoms. The van der Waals surface area contributed by atoms with Crippen LogP contribution in [0, 0.1) is 0 Å². The topological polar surface area (TPSA) is 66.4 Å². The minimum Gasteiger partial charge on any atom is -0.301 e. The van der Waals surface area contributed by atoms with Gasteiger partial charge in [0, 0.05) is 17.9 Å². The van der Waals surface area contributed by atoms with Gasteiger partial charge in [0.05, 0.1) is 10.3 Å². The molecule has 82 valence electrons. The maximum atomic E-state index is 11.1. The second-order valence-electron chi connectivity index (χ2n) is 3.22. The Labute approximate surface area is 92.8 Å². The molecule has 1 heterocycles. The van der Waals surface area contributed by atoms with Crippen molar-refractivity contribution < 1.29 is 13.0 Å². The van der Waals surface area contributed by atoms with Gasteiger partial charge in [0.2, 0.25) is 0 Å². The third-order valence-corrected chi connectivity index (χ3v) is 4.32. The lowest BCUT2D eigenvalue weighted by Crippen LogP contribution is -2.15. The molecule has 15 heavy (non-hydrogen) atoms. The van der Waals surface area contributed by atoms with E-state index in [2.05, 4.69) is 5.32 Å². The quantitative estimate of drug-likeness (QED) is 0.768. The summed E-state index contributed by atoms with van der Waals surface area (Å²) in [7, 11) is -4.12. The standard InChI is InChI=1S/C9H11NO3S2/c11-15(12,13)8-4-2-1-3-7(8)9-10-5-6-14-9/h1-4,9-10H,5-6H2,(H,11,12,13). The van der Waals surface area contributed by atoms with Crippen LogP contribution in [0.2, 0.25) is 0 Å². The van der Waals surface area contributed by atoms with E-state index in [1.54, 1.807) is 30.0 Å². The minimum atomic E-state index is -4.12. The molecule has 2 rings (SSSR count). The van der Waals surface area contributed by atoms with Crippen LogP contribution in [0.3, 0.4) is 0 Å². The first kappa shape index (κ1) is 10.9. The second kappa shape index (κ2) is 4.13. The highest BCUT2D eigenvalue weighted by Gasteiger charge is 2.24. The summed E-state index contributed by atoms with van der Waals surface area (Å²) in [5, 5.41) is 3.13. The third kappa shape index (κ3) is 2.34. The van der Waals surface area contributed by atoms with E-state index in [1.807, 2.05) is 0 Å². The first-order chi connectivity index (χ1) is 7.09. The highest BCUT2D eigenvalue weighted by Crippen LogP contribution is 2.33. The Morgan fingerprint density at radius 3 is 2.73 bits per heavy atom. The fourth-order valence-electron chi connectivity index (χ4n) is 1.56. The van der Waals surface area contributed by atoms with E-state index in [-0.39, 0.29) is 10.3 Å². The minimum absolute atomic E-state index is 0.00287. The van der Waals surface area contributed by atoms with Gasteiger partial charge in [-0.15, -0.1) is 11.8 Å². The van der Waals surface area contributed by atoms with Crippen LogP contribution in [0.4, 0.5) is 0 Å². The van der Waals surface area contributed by atoms with Crippen molar-refractivity contribution in [3.63, 3.8) is 0 Å². The third-order valence-electron chi connectivity index (χ3n) is 2.20. The highest BCUT2D eigenvalue weighted by molar-refractivity contribution is 7.99. The molecule has 1 aliphatic rings. The normalized spacial score (nSPS) is 21.8. The van der Waals surface area contributed by atoms with Crippen LogP contribution in [-0.2, 0) is 10.1 Å². The summed E-state index contributed by atoms with van der Waals surface area (Å²) in [6, 6.07) is 6.51. The van der Waals surface area contributed by atoms with Crippen LogP contribution in [0.5, 0.6) is 0 Å². The number of benzene rings is 1. The zero-order valence-electron chi connectivity index (χ0n) is 7.88. The summed E-state index contributed by atoms with van der Waals surface area (Å²) in [4.78, 5) is -0.00287. The predicted octanol–water partition coefficient (Wildman–Crippen LogP) is 1.27. The zero-order chi connectivity index (χ0) is 10.9. The molecule has 1 fully saturated rings. The van der Waals surface area contributed by atoms with Crippen molar-refractivity contribution in [2.24, 2.45) is 0 Å². The maximum absolute atomic E-state index is 11.1.